The number of aromatic nitrogens is 2. The third kappa shape index (κ3) is 6.99. The standard InChI is InChI=1S/C19H26ClF2N5O/c1-4-23-19(26-11-17-24-7-8-27(17)12-13(2)3)25-10-14-9-15(20)5-6-16(14)28-18(21)22/h5-9,13,18H,4,10-12H2,1-3H3,(H2,23,25,26). The van der Waals surface area contributed by atoms with Gasteiger partial charge in [0.05, 0.1) is 13.1 Å². The smallest absolute Gasteiger partial charge is 0.387 e. The Hall–Kier alpha value is -2.35. The van der Waals surface area contributed by atoms with E-state index in [1.807, 2.05) is 13.1 Å². The second-order valence-corrected chi connectivity index (χ2v) is 7.01. The van der Waals surface area contributed by atoms with Crippen LogP contribution in [0.3, 0.4) is 0 Å². The highest BCUT2D eigenvalue weighted by atomic mass is 35.5. The molecule has 0 unspecified atom stereocenters. The molecule has 0 aliphatic heterocycles. The second kappa shape index (κ2) is 10.8. The maximum Gasteiger partial charge on any atom is 0.387 e. The lowest BCUT2D eigenvalue weighted by Crippen LogP contribution is -2.37. The minimum absolute atomic E-state index is 0.0616. The molecule has 1 aromatic heterocycles. The molecule has 0 atom stereocenters. The molecule has 6 nitrogen and oxygen atoms in total. The number of alkyl halides is 2. The van der Waals surface area contributed by atoms with Gasteiger partial charge in [0.2, 0.25) is 0 Å². The van der Waals surface area contributed by atoms with Crippen LogP contribution in [0.2, 0.25) is 5.02 Å². The first-order valence-electron chi connectivity index (χ1n) is 9.14. The molecule has 0 aliphatic rings. The van der Waals surface area contributed by atoms with Gasteiger partial charge in [-0.15, -0.1) is 0 Å². The molecule has 0 aliphatic carbocycles. The van der Waals surface area contributed by atoms with Gasteiger partial charge >= 0.3 is 6.61 Å². The SMILES string of the molecule is CCNC(=NCc1cc(Cl)ccc1OC(F)F)NCc1nccn1CC(C)C. The van der Waals surface area contributed by atoms with Crippen molar-refractivity contribution in [3.8, 4) is 5.75 Å². The molecule has 0 amide bonds. The fraction of sp³-hybridized carbons (Fsp3) is 0.474. The Morgan fingerprint density at radius 1 is 1.32 bits per heavy atom. The summed E-state index contributed by atoms with van der Waals surface area (Å²) in [5, 5.41) is 6.78. The lowest BCUT2D eigenvalue weighted by Gasteiger charge is -2.14. The molecule has 0 saturated carbocycles. The van der Waals surface area contributed by atoms with Gasteiger partial charge in [-0.3, -0.25) is 0 Å². The summed E-state index contributed by atoms with van der Waals surface area (Å²) in [6.07, 6.45) is 3.71. The molecule has 28 heavy (non-hydrogen) atoms. The molecule has 0 saturated heterocycles. The van der Waals surface area contributed by atoms with E-state index in [0.717, 1.165) is 12.4 Å². The molecular formula is C19H26ClF2N5O. The van der Waals surface area contributed by atoms with Gasteiger partial charge in [0.15, 0.2) is 5.96 Å². The molecule has 2 N–H and O–H groups in total. The van der Waals surface area contributed by atoms with E-state index >= 15 is 0 Å². The number of halogens is 3. The van der Waals surface area contributed by atoms with Crippen LogP contribution in [0.25, 0.3) is 0 Å². The molecule has 0 spiro atoms. The van der Waals surface area contributed by atoms with Crippen LogP contribution in [0.4, 0.5) is 8.78 Å². The lowest BCUT2D eigenvalue weighted by molar-refractivity contribution is -0.0504. The Bertz CT molecular complexity index is 779. The van der Waals surface area contributed by atoms with Crippen LogP contribution in [0.5, 0.6) is 5.75 Å². The Kier molecular flexibility index (Phi) is 8.50. The maximum absolute atomic E-state index is 12.6. The summed E-state index contributed by atoms with van der Waals surface area (Å²) in [5.41, 5.74) is 0.478. The first-order chi connectivity index (χ1) is 13.4. The van der Waals surface area contributed by atoms with Gasteiger partial charge in [-0.2, -0.15) is 8.78 Å². The molecule has 0 bridgehead atoms. The Morgan fingerprint density at radius 2 is 2.11 bits per heavy atom. The molecular weight excluding hydrogens is 388 g/mol. The molecule has 154 valence electrons. The predicted molar refractivity (Wildman–Crippen MR) is 107 cm³/mol. The monoisotopic (exact) mass is 413 g/mol. The predicted octanol–water partition coefficient (Wildman–Crippen LogP) is 4.05. The summed E-state index contributed by atoms with van der Waals surface area (Å²) < 4.78 is 31.8. The molecule has 2 aromatic rings. The van der Waals surface area contributed by atoms with Crippen molar-refractivity contribution in [2.24, 2.45) is 10.9 Å². The van der Waals surface area contributed by atoms with Gasteiger partial charge in [0.25, 0.3) is 0 Å². The van der Waals surface area contributed by atoms with Crippen molar-refractivity contribution >= 4 is 17.6 Å². The van der Waals surface area contributed by atoms with Crippen LogP contribution in [0.1, 0.15) is 32.2 Å². The maximum atomic E-state index is 12.6. The summed E-state index contributed by atoms with van der Waals surface area (Å²) >= 11 is 5.98. The average Bonchev–Trinajstić information content (AvgIpc) is 3.05. The van der Waals surface area contributed by atoms with Crippen molar-refractivity contribution in [1.29, 1.82) is 0 Å². The van der Waals surface area contributed by atoms with Gasteiger partial charge in [-0.25, -0.2) is 9.98 Å². The molecule has 1 aromatic carbocycles. The van der Waals surface area contributed by atoms with Crippen molar-refractivity contribution < 1.29 is 13.5 Å². The average molecular weight is 414 g/mol. The highest BCUT2D eigenvalue weighted by Gasteiger charge is 2.11. The number of hydrogen-bond donors (Lipinski definition) is 2. The normalized spacial score (nSPS) is 11.9. The van der Waals surface area contributed by atoms with Crippen LogP contribution < -0.4 is 15.4 Å². The Balaban J connectivity index is 2.09. The largest absolute Gasteiger partial charge is 0.434 e. The van der Waals surface area contributed by atoms with Crippen LogP contribution in [-0.4, -0.2) is 28.7 Å². The van der Waals surface area contributed by atoms with Crippen LogP contribution in [-0.2, 0) is 19.6 Å². The zero-order valence-corrected chi connectivity index (χ0v) is 17.0. The van der Waals surface area contributed by atoms with E-state index in [1.165, 1.54) is 12.1 Å². The number of guanidine groups is 1. The summed E-state index contributed by atoms with van der Waals surface area (Å²) in [7, 11) is 0. The van der Waals surface area contributed by atoms with Gasteiger partial charge in [0, 0.05) is 36.1 Å². The van der Waals surface area contributed by atoms with E-state index in [2.05, 4.69) is 43.8 Å². The van der Waals surface area contributed by atoms with E-state index in [9.17, 15) is 8.78 Å². The van der Waals surface area contributed by atoms with E-state index in [-0.39, 0.29) is 12.3 Å². The van der Waals surface area contributed by atoms with Crippen LogP contribution in [0, 0.1) is 5.92 Å². The van der Waals surface area contributed by atoms with Crippen molar-refractivity contribution in [1.82, 2.24) is 20.2 Å². The zero-order chi connectivity index (χ0) is 20.5. The van der Waals surface area contributed by atoms with Crippen LogP contribution in [0.15, 0.2) is 35.6 Å². The highest BCUT2D eigenvalue weighted by molar-refractivity contribution is 6.30. The Morgan fingerprint density at radius 3 is 2.79 bits per heavy atom. The minimum atomic E-state index is -2.91. The number of hydrogen-bond acceptors (Lipinski definition) is 3. The number of imidazole rings is 1. The fourth-order valence-electron chi connectivity index (χ4n) is 2.62. The summed E-state index contributed by atoms with van der Waals surface area (Å²) in [5.74, 6) is 2.01. The topological polar surface area (TPSA) is 63.5 Å². The van der Waals surface area contributed by atoms with E-state index in [1.54, 1.807) is 12.3 Å². The molecule has 9 heteroatoms. The zero-order valence-electron chi connectivity index (χ0n) is 16.3. The molecule has 0 fully saturated rings. The van der Waals surface area contributed by atoms with E-state index in [4.69, 9.17) is 11.6 Å². The number of nitrogens with one attached hydrogen (secondary N) is 2. The van der Waals surface area contributed by atoms with Gasteiger partial charge in [-0.05, 0) is 31.0 Å². The number of nitrogens with zero attached hydrogens (tertiary/aromatic N) is 3. The quantitative estimate of drug-likeness (QED) is 0.481. The van der Waals surface area contributed by atoms with Gasteiger partial charge in [0.1, 0.15) is 11.6 Å². The number of aliphatic imine (C=N–C) groups is 1. The molecule has 1 heterocycles. The summed E-state index contributed by atoms with van der Waals surface area (Å²) in [4.78, 5) is 8.83. The Labute approximate surface area is 169 Å². The third-order valence-electron chi connectivity index (χ3n) is 3.77. The third-order valence-corrected chi connectivity index (χ3v) is 4.00. The van der Waals surface area contributed by atoms with E-state index in [0.29, 0.717) is 35.6 Å². The second-order valence-electron chi connectivity index (χ2n) is 6.57. The van der Waals surface area contributed by atoms with Crippen molar-refractivity contribution in [3.63, 3.8) is 0 Å². The number of benzene rings is 1. The molecule has 2 rings (SSSR count). The number of rotatable bonds is 9. The first kappa shape index (κ1) is 21.9. The number of ether oxygens (including phenoxy) is 1. The van der Waals surface area contributed by atoms with E-state index < -0.39 is 6.61 Å². The van der Waals surface area contributed by atoms with Crippen molar-refractivity contribution in [2.45, 2.75) is 47.0 Å². The highest BCUT2D eigenvalue weighted by Crippen LogP contribution is 2.25. The van der Waals surface area contributed by atoms with Gasteiger partial charge in [-0.1, -0.05) is 25.4 Å². The summed E-state index contributed by atoms with van der Waals surface area (Å²) in [6.45, 7) is 5.49. The van der Waals surface area contributed by atoms with Crippen molar-refractivity contribution in [3.05, 3.63) is 47.0 Å². The first-order valence-corrected chi connectivity index (χ1v) is 9.52. The summed E-state index contributed by atoms with van der Waals surface area (Å²) in [6, 6.07) is 4.49. The van der Waals surface area contributed by atoms with Crippen LogP contribution >= 0.6 is 11.6 Å². The lowest BCUT2D eigenvalue weighted by atomic mass is 10.2. The van der Waals surface area contributed by atoms with Gasteiger partial charge < -0.3 is 19.9 Å². The molecule has 0 radical (unpaired) electrons. The fourth-order valence-corrected chi connectivity index (χ4v) is 2.81. The van der Waals surface area contributed by atoms with Crippen molar-refractivity contribution in [2.75, 3.05) is 6.54 Å². The minimum Gasteiger partial charge on any atom is -0.434 e.